The van der Waals surface area contributed by atoms with Crippen LogP contribution in [0.2, 0.25) is 0 Å². The van der Waals surface area contributed by atoms with Gasteiger partial charge in [0.15, 0.2) is 5.78 Å². The first-order chi connectivity index (χ1) is 7.27. The Kier molecular flexibility index (Phi) is 5.25. The maximum absolute atomic E-state index is 11.2. The molecule has 0 atom stereocenters. The Hall–Kier alpha value is -0.970. The highest BCUT2D eigenvalue weighted by Gasteiger charge is 2.02. The largest absolute Gasteiger partial charge is 0.293 e. The third kappa shape index (κ3) is 3.95. The molecular formula is C12H10Cl2O. The average Bonchev–Trinajstić information content (AvgIpc) is 2.29. The quantitative estimate of drug-likeness (QED) is 0.451. The average molecular weight is 241 g/mol. The van der Waals surface area contributed by atoms with E-state index in [4.69, 9.17) is 23.2 Å². The van der Waals surface area contributed by atoms with Gasteiger partial charge >= 0.3 is 0 Å². The molecule has 1 nitrogen and oxygen atoms in total. The molecule has 0 amide bonds. The van der Waals surface area contributed by atoms with Crippen LogP contribution in [0.5, 0.6) is 0 Å². The van der Waals surface area contributed by atoms with Crippen molar-refractivity contribution in [3.05, 3.63) is 35.4 Å². The van der Waals surface area contributed by atoms with Crippen LogP contribution in [0.1, 0.15) is 22.3 Å². The van der Waals surface area contributed by atoms with E-state index in [1.54, 1.807) is 24.3 Å². The Morgan fingerprint density at radius 3 is 2.40 bits per heavy atom. The second-order valence-electron chi connectivity index (χ2n) is 2.87. The van der Waals surface area contributed by atoms with Gasteiger partial charge in [-0.1, -0.05) is 24.0 Å². The van der Waals surface area contributed by atoms with E-state index in [-0.39, 0.29) is 11.7 Å². The van der Waals surface area contributed by atoms with Crippen LogP contribution in [0.4, 0.5) is 0 Å². The van der Waals surface area contributed by atoms with Gasteiger partial charge in [0.1, 0.15) is 0 Å². The molecule has 0 fully saturated rings. The minimum atomic E-state index is -0.0723. The predicted molar refractivity (Wildman–Crippen MR) is 63.7 cm³/mol. The summed E-state index contributed by atoms with van der Waals surface area (Å²) >= 11 is 10.9. The van der Waals surface area contributed by atoms with E-state index < -0.39 is 0 Å². The molecule has 0 spiro atoms. The van der Waals surface area contributed by atoms with Crippen LogP contribution < -0.4 is 0 Å². The zero-order chi connectivity index (χ0) is 11.1. The first kappa shape index (κ1) is 12.1. The first-order valence-corrected chi connectivity index (χ1v) is 5.59. The normalized spacial score (nSPS) is 9.20. The summed E-state index contributed by atoms with van der Waals surface area (Å²) in [6.45, 7) is 0. The summed E-state index contributed by atoms with van der Waals surface area (Å²) in [5, 5.41) is 0. The van der Waals surface area contributed by atoms with Crippen LogP contribution in [0.25, 0.3) is 0 Å². The Balaban J connectivity index is 2.73. The van der Waals surface area contributed by atoms with Gasteiger partial charge in [-0.15, -0.1) is 23.2 Å². The van der Waals surface area contributed by atoms with Gasteiger partial charge in [0.25, 0.3) is 0 Å². The summed E-state index contributed by atoms with van der Waals surface area (Å²) in [7, 11) is 0. The highest BCUT2D eigenvalue weighted by Crippen LogP contribution is 2.05. The summed E-state index contributed by atoms with van der Waals surface area (Å²) < 4.78 is 0. The number of rotatable bonds is 3. The summed E-state index contributed by atoms with van der Waals surface area (Å²) in [5.74, 6) is 6.35. The fourth-order valence-corrected chi connectivity index (χ4v) is 1.28. The lowest BCUT2D eigenvalue weighted by Gasteiger charge is -1.96. The number of carbonyl (C=O) groups is 1. The molecule has 0 unspecified atom stereocenters. The standard InChI is InChI=1S/C12H10Cl2O/c13-8-2-1-3-10-4-6-11(7-5-10)12(15)9-14/h4-7H,2,8-9H2. The fourth-order valence-electron chi connectivity index (χ4n) is 1.03. The lowest BCUT2D eigenvalue weighted by molar-refractivity contribution is 0.102. The van der Waals surface area contributed by atoms with Crippen LogP contribution in [0, 0.1) is 11.8 Å². The molecule has 0 N–H and O–H groups in total. The number of hydrogen-bond donors (Lipinski definition) is 0. The van der Waals surface area contributed by atoms with Crippen molar-refractivity contribution in [2.24, 2.45) is 0 Å². The predicted octanol–water partition coefficient (Wildman–Crippen LogP) is 3.09. The number of Topliss-reactive ketones (excluding diaryl/α,β-unsaturated/α-hetero) is 1. The van der Waals surface area contributed by atoms with E-state index in [2.05, 4.69) is 11.8 Å². The molecule has 0 saturated carbocycles. The Morgan fingerprint density at radius 1 is 1.20 bits per heavy atom. The SMILES string of the molecule is O=C(CCl)c1ccc(C#CCCCl)cc1. The molecule has 0 aliphatic heterocycles. The number of alkyl halides is 2. The summed E-state index contributed by atoms with van der Waals surface area (Å²) in [6, 6.07) is 7.08. The van der Waals surface area contributed by atoms with Crippen molar-refractivity contribution in [3.8, 4) is 11.8 Å². The lowest BCUT2D eigenvalue weighted by atomic mass is 10.1. The van der Waals surface area contributed by atoms with Crippen molar-refractivity contribution in [1.82, 2.24) is 0 Å². The van der Waals surface area contributed by atoms with Crippen molar-refractivity contribution >= 4 is 29.0 Å². The number of carbonyl (C=O) groups excluding carboxylic acids is 1. The zero-order valence-electron chi connectivity index (χ0n) is 8.09. The lowest BCUT2D eigenvalue weighted by Crippen LogP contribution is -1.99. The second kappa shape index (κ2) is 6.50. The Bertz CT molecular complexity index is 384. The van der Waals surface area contributed by atoms with Gasteiger partial charge in [-0.25, -0.2) is 0 Å². The number of halogens is 2. The zero-order valence-corrected chi connectivity index (χ0v) is 9.61. The molecular weight excluding hydrogens is 231 g/mol. The highest BCUT2D eigenvalue weighted by atomic mass is 35.5. The second-order valence-corrected chi connectivity index (χ2v) is 3.52. The molecule has 78 valence electrons. The van der Waals surface area contributed by atoms with Crippen molar-refractivity contribution in [2.75, 3.05) is 11.8 Å². The summed E-state index contributed by atoms with van der Waals surface area (Å²) in [4.78, 5) is 11.2. The maximum Gasteiger partial charge on any atom is 0.177 e. The molecule has 0 saturated heterocycles. The van der Waals surface area contributed by atoms with Crippen LogP contribution in [-0.2, 0) is 0 Å². The third-order valence-corrected chi connectivity index (χ3v) is 2.21. The van der Waals surface area contributed by atoms with E-state index in [1.165, 1.54) is 0 Å². The van der Waals surface area contributed by atoms with Crippen LogP contribution in [-0.4, -0.2) is 17.5 Å². The summed E-state index contributed by atoms with van der Waals surface area (Å²) in [5.41, 5.74) is 1.50. The molecule has 1 aromatic rings. The van der Waals surface area contributed by atoms with Gasteiger partial charge < -0.3 is 0 Å². The molecule has 3 heteroatoms. The van der Waals surface area contributed by atoms with Crippen LogP contribution in [0.15, 0.2) is 24.3 Å². The minimum Gasteiger partial charge on any atom is -0.293 e. The third-order valence-electron chi connectivity index (χ3n) is 1.78. The van der Waals surface area contributed by atoms with E-state index in [0.717, 1.165) is 5.56 Å². The van der Waals surface area contributed by atoms with E-state index in [0.29, 0.717) is 17.9 Å². The smallest absolute Gasteiger partial charge is 0.177 e. The Labute approximate surface area is 99.4 Å². The van der Waals surface area contributed by atoms with Gasteiger partial charge in [-0.2, -0.15) is 0 Å². The van der Waals surface area contributed by atoms with Crippen molar-refractivity contribution in [1.29, 1.82) is 0 Å². The molecule has 0 aliphatic carbocycles. The van der Waals surface area contributed by atoms with Gasteiger partial charge in [-0.3, -0.25) is 4.79 Å². The van der Waals surface area contributed by atoms with Crippen molar-refractivity contribution < 1.29 is 4.79 Å². The fraction of sp³-hybridized carbons (Fsp3) is 0.250. The molecule has 0 radical (unpaired) electrons. The van der Waals surface area contributed by atoms with Gasteiger partial charge in [0.2, 0.25) is 0 Å². The number of hydrogen-bond acceptors (Lipinski definition) is 1. The molecule has 1 aromatic carbocycles. The molecule has 0 aliphatic rings. The van der Waals surface area contributed by atoms with E-state index >= 15 is 0 Å². The van der Waals surface area contributed by atoms with E-state index in [1.807, 2.05) is 0 Å². The van der Waals surface area contributed by atoms with Crippen molar-refractivity contribution in [3.63, 3.8) is 0 Å². The van der Waals surface area contributed by atoms with Gasteiger partial charge in [0.05, 0.1) is 5.88 Å². The summed E-state index contributed by atoms with van der Waals surface area (Å²) in [6.07, 6.45) is 0.671. The molecule has 1 rings (SSSR count). The van der Waals surface area contributed by atoms with Gasteiger partial charge in [0, 0.05) is 23.4 Å². The topological polar surface area (TPSA) is 17.1 Å². The van der Waals surface area contributed by atoms with E-state index in [9.17, 15) is 4.79 Å². The van der Waals surface area contributed by atoms with Crippen LogP contribution >= 0.6 is 23.2 Å². The number of ketones is 1. The highest BCUT2D eigenvalue weighted by molar-refractivity contribution is 6.30. The maximum atomic E-state index is 11.2. The minimum absolute atomic E-state index is 0.0112. The van der Waals surface area contributed by atoms with Gasteiger partial charge in [-0.05, 0) is 12.1 Å². The Morgan fingerprint density at radius 2 is 1.87 bits per heavy atom. The van der Waals surface area contributed by atoms with Crippen LogP contribution in [0.3, 0.4) is 0 Å². The molecule has 0 bridgehead atoms. The molecule has 0 heterocycles. The monoisotopic (exact) mass is 240 g/mol. The first-order valence-electron chi connectivity index (χ1n) is 4.52. The van der Waals surface area contributed by atoms with Crippen molar-refractivity contribution in [2.45, 2.75) is 6.42 Å². The molecule has 0 aromatic heterocycles. The molecule has 15 heavy (non-hydrogen) atoms. The number of benzene rings is 1.